The minimum atomic E-state index is -3.59. The van der Waals surface area contributed by atoms with E-state index in [-0.39, 0.29) is 0 Å². The van der Waals surface area contributed by atoms with E-state index in [4.69, 9.17) is 6.42 Å². The smallest absolute Gasteiger partial charge is 0.228 e. The molecule has 5 heteroatoms. The minimum Gasteiger partial charge on any atom is -0.228 e. The second-order valence-electron chi connectivity index (χ2n) is 5.35. The number of rotatable bonds is 3. The van der Waals surface area contributed by atoms with Crippen LogP contribution >= 0.6 is 0 Å². The first kappa shape index (κ1) is 14.8. The van der Waals surface area contributed by atoms with Gasteiger partial charge in [-0.15, -0.1) is 0 Å². The standard InChI is InChI=1S/C13H19NO2SSi/c1-7-14(3)17(15,16)12-9-8-11(2)10-13(12)18(4,5)6/h1,8-10H,2-6H3. The van der Waals surface area contributed by atoms with Crippen LogP contribution in [0.25, 0.3) is 0 Å². The Labute approximate surface area is 111 Å². The summed E-state index contributed by atoms with van der Waals surface area (Å²) in [6, 6.07) is 7.58. The highest BCUT2D eigenvalue weighted by Crippen LogP contribution is 2.17. The number of sulfonamides is 1. The van der Waals surface area contributed by atoms with Crippen LogP contribution in [0.1, 0.15) is 5.56 Å². The largest absolute Gasteiger partial charge is 0.270 e. The van der Waals surface area contributed by atoms with Crippen LogP contribution in [0.2, 0.25) is 19.6 Å². The number of aryl methyl sites for hydroxylation is 1. The molecule has 0 radical (unpaired) electrons. The van der Waals surface area contributed by atoms with E-state index < -0.39 is 18.1 Å². The van der Waals surface area contributed by atoms with Gasteiger partial charge < -0.3 is 0 Å². The summed E-state index contributed by atoms with van der Waals surface area (Å²) in [4.78, 5) is 0.340. The summed E-state index contributed by atoms with van der Waals surface area (Å²) < 4.78 is 25.6. The molecule has 3 nitrogen and oxygen atoms in total. The average molecular weight is 281 g/mol. The normalized spacial score (nSPS) is 12.0. The number of terminal acetylenes is 1. The second-order valence-corrected chi connectivity index (χ2v) is 12.3. The van der Waals surface area contributed by atoms with Crippen LogP contribution in [0, 0.1) is 19.4 Å². The molecule has 1 rings (SSSR count). The highest BCUT2D eigenvalue weighted by molar-refractivity contribution is 7.89. The Morgan fingerprint density at radius 2 is 1.83 bits per heavy atom. The third-order valence-corrected chi connectivity index (χ3v) is 6.71. The number of hydrogen-bond donors (Lipinski definition) is 0. The van der Waals surface area contributed by atoms with Crippen molar-refractivity contribution in [1.29, 1.82) is 0 Å². The van der Waals surface area contributed by atoms with Crippen molar-refractivity contribution in [2.24, 2.45) is 0 Å². The number of benzene rings is 1. The first-order valence-corrected chi connectivity index (χ1v) is 10.6. The van der Waals surface area contributed by atoms with Gasteiger partial charge in [0.15, 0.2) is 0 Å². The van der Waals surface area contributed by atoms with Crippen LogP contribution in [0.3, 0.4) is 0 Å². The molecule has 0 aromatic heterocycles. The molecule has 0 aliphatic rings. The van der Waals surface area contributed by atoms with E-state index in [0.29, 0.717) is 4.90 Å². The Bertz CT molecular complexity index is 594. The molecular formula is C13H19NO2SSi. The zero-order chi connectivity index (χ0) is 14.1. The van der Waals surface area contributed by atoms with Crippen molar-refractivity contribution in [1.82, 2.24) is 4.31 Å². The lowest BCUT2D eigenvalue weighted by Gasteiger charge is -2.23. The summed E-state index contributed by atoms with van der Waals surface area (Å²) in [5.41, 5.74) is 1.06. The molecule has 0 aliphatic carbocycles. The van der Waals surface area contributed by atoms with Gasteiger partial charge in [0.25, 0.3) is 10.0 Å². The Morgan fingerprint density at radius 3 is 2.28 bits per heavy atom. The third kappa shape index (κ3) is 2.77. The van der Waals surface area contributed by atoms with Crippen molar-refractivity contribution in [2.45, 2.75) is 31.5 Å². The van der Waals surface area contributed by atoms with Crippen LogP contribution in [0.4, 0.5) is 0 Å². The molecule has 18 heavy (non-hydrogen) atoms. The highest BCUT2D eigenvalue weighted by Gasteiger charge is 2.28. The summed E-state index contributed by atoms with van der Waals surface area (Å²) in [6.07, 6.45) is 5.19. The Balaban J connectivity index is 3.58. The Kier molecular flexibility index (Phi) is 3.94. The van der Waals surface area contributed by atoms with Crippen LogP contribution in [0.5, 0.6) is 0 Å². The zero-order valence-corrected chi connectivity index (χ0v) is 13.3. The van der Waals surface area contributed by atoms with Gasteiger partial charge >= 0.3 is 0 Å². The fourth-order valence-corrected chi connectivity index (χ4v) is 5.47. The monoisotopic (exact) mass is 281 g/mol. The van der Waals surface area contributed by atoms with E-state index in [1.807, 2.05) is 13.0 Å². The summed E-state index contributed by atoms with van der Waals surface area (Å²) in [5, 5.41) is 0.921. The molecule has 0 atom stereocenters. The molecule has 0 saturated heterocycles. The highest BCUT2D eigenvalue weighted by atomic mass is 32.2. The van der Waals surface area contributed by atoms with Gasteiger partial charge in [-0.1, -0.05) is 43.8 Å². The van der Waals surface area contributed by atoms with Crippen LogP contribution < -0.4 is 5.19 Å². The first-order valence-electron chi connectivity index (χ1n) is 5.67. The van der Waals surface area contributed by atoms with E-state index >= 15 is 0 Å². The van der Waals surface area contributed by atoms with E-state index in [0.717, 1.165) is 15.1 Å². The predicted octanol–water partition coefficient (Wildman–Crippen LogP) is 1.75. The van der Waals surface area contributed by atoms with Crippen LogP contribution in [-0.2, 0) is 10.0 Å². The van der Waals surface area contributed by atoms with E-state index in [2.05, 4.69) is 25.7 Å². The van der Waals surface area contributed by atoms with Crippen molar-refractivity contribution < 1.29 is 8.42 Å². The van der Waals surface area contributed by atoms with Gasteiger partial charge in [-0.3, -0.25) is 0 Å². The Hall–Kier alpha value is -1.25. The van der Waals surface area contributed by atoms with Crippen molar-refractivity contribution in [3.63, 3.8) is 0 Å². The summed E-state index contributed by atoms with van der Waals surface area (Å²) in [7, 11) is -3.95. The number of hydrogen-bond acceptors (Lipinski definition) is 2. The maximum Gasteiger partial charge on any atom is 0.270 e. The second kappa shape index (κ2) is 4.79. The van der Waals surface area contributed by atoms with E-state index in [1.165, 1.54) is 7.05 Å². The molecule has 0 amide bonds. The molecule has 0 unspecified atom stereocenters. The predicted molar refractivity (Wildman–Crippen MR) is 77.9 cm³/mol. The molecule has 0 saturated carbocycles. The van der Waals surface area contributed by atoms with Gasteiger partial charge in [-0.25, -0.2) is 12.7 Å². The fraction of sp³-hybridized carbons (Fsp3) is 0.385. The van der Waals surface area contributed by atoms with Gasteiger partial charge in [0.1, 0.15) is 0 Å². The van der Waals surface area contributed by atoms with E-state index in [9.17, 15) is 8.42 Å². The minimum absolute atomic E-state index is 0.340. The van der Waals surface area contributed by atoms with Gasteiger partial charge in [0.2, 0.25) is 0 Å². The molecule has 0 spiro atoms. The van der Waals surface area contributed by atoms with Gasteiger partial charge in [-0.05, 0) is 18.2 Å². The van der Waals surface area contributed by atoms with Gasteiger partial charge in [-0.2, -0.15) is 0 Å². The summed E-state index contributed by atoms with van der Waals surface area (Å²) in [5.74, 6) is 0. The van der Waals surface area contributed by atoms with Crippen molar-refractivity contribution in [3.8, 4) is 12.5 Å². The maximum atomic E-state index is 12.3. The van der Waals surface area contributed by atoms with E-state index in [1.54, 1.807) is 12.1 Å². The maximum absolute atomic E-state index is 12.3. The molecule has 98 valence electrons. The molecule has 0 fully saturated rings. The molecule has 1 aromatic carbocycles. The summed E-state index contributed by atoms with van der Waals surface area (Å²) in [6.45, 7) is 8.33. The molecular weight excluding hydrogens is 262 g/mol. The van der Waals surface area contributed by atoms with Gasteiger partial charge in [0.05, 0.1) is 13.0 Å². The lowest BCUT2D eigenvalue weighted by molar-refractivity contribution is 0.548. The van der Waals surface area contributed by atoms with Crippen molar-refractivity contribution in [3.05, 3.63) is 23.8 Å². The number of nitrogens with zero attached hydrogens (tertiary/aromatic N) is 1. The topological polar surface area (TPSA) is 37.4 Å². The van der Waals surface area contributed by atoms with Crippen molar-refractivity contribution in [2.75, 3.05) is 7.05 Å². The first-order chi connectivity index (χ1) is 8.10. The SMILES string of the molecule is C#CN(C)S(=O)(=O)c1ccc(C)cc1[Si](C)(C)C. The summed E-state index contributed by atoms with van der Waals surface area (Å²) >= 11 is 0. The molecule has 0 aliphatic heterocycles. The fourth-order valence-electron chi connectivity index (χ4n) is 1.67. The molecule has 0 N–H and O–H groups in total. The molecule has 1 aromatic rings. The average Bonchev–Trinajstić information content (AvgIpc) is 2.26. The third-order valence-electron chi connectivity index (χ3n) is 2.76. The molecule has 0 heterocycles. The van der Waals surface area contributed by atoms with Crippen LogP contribution in [0.15, 0.2) is 23.1 Å². The quantitative estimate of drug-likeness (QED) is 0.481. The van der Waals surface area contributed by atoms with Crippen molar-refractivity contribution >= 4 is 23.3 Å². The van der Waals surface area contributed by atoms with Gasteiger partial charge in [0, 0.05) is 13.1 Å². The lowest BCUT2D eigenvalue weighted by Crippen LogP contribution is -2.42. The zero-order valence-electron chi connectivity index (χ0n) is 11.5. The Morgan fingerprint density at radius 1 is 1.28 bits per heavy atom. The molecule has 0 bridgehead atoms. The lowest BCUT2D eigenvalue weighted by atomic mass is 10.2. The van der Waals surface area contributed by atoms with Crippen LogP contribution in [-0.4, -0.2) is 27.8 Å².